The van der Waals surface area contributed by atoms with Gasteiger partial charge < -0.3 is 29.0 Å². The van der Waals surface area contributed by atoms with Crippen molar-refractivity contribution >= 4 is 39.5 Å². The molecular weight excluding hydrogens is 604 g/mol. The van der Waals surface area contributed by atoms with Gasteiger partial charge in [0, 0.05) is 23.1 Å². The van der Waals surface area contributed by atoms with Crippen LogP contribution >= 0.6 is 11.3 Å². The summed E-state index contributed by atoms with van der Waals surface area (Å²) in [5.74, 6) is 0.631. The molecule has 4 aromatic carbocycles. The van der Waals surface area contributed by atoms with Gasteiger partial charge in [-0.2, -0.15) is 0 Å². The number of anilines is 1. The molecule has 2 aliphatic heterocycles. The standard InChI is InChI=1S/C36H30N2O7S/c1-18-10-19(35-38-26-6-4-5-7-31(26)46-35)8-9-25(18)37-34-22-14-30-29(44-17-45-30)13-21(22)32(33-24(34)16-43-36(33)40)20-11-27(41-2)23(15-39)28(12-20)42-3/h4-15,24,32-34,37H,16-17H2,1-3H3/t24?,32-,33+,34-/m1/s1. The van der Waals surface area contributed by atoms with Gasteiger partial charge in [0.15, 0.2) is 17.8 Å². The summed E-state index contributed by atoms with van der Waals surface area (Å²) in [4.78, 5) is 30.3. The predicted molar refractivity (Wildman–Crippen MR) is 173 cm³/mol. The van der Waals surface area contributed by atoms with Crippen LogP contribution in [0, 0.1) is 18.8 Å². The summed E-state index contributed by atoms with van der Waals surface area (Å²) in [6.07, 6.45) is 0.714. The van der Waals surface area contributed by atoms with Crippen LogP contribution in [0.15, 0.2) is 66.7 Å². The minimum absolute atomic E-state index is 0.123. The van der Waals surface area contributed by atoms with E-state index < -0.39 is 11.8 Å². The fourth-order valence-corrected chi connectivity index (χ4v) is 8.09. The monoisotopic (exact) mass is 634 g/mol. The Morgan fingerprint density at radius 1 is 0.935 bits per heavy atom. The van der Waals surface area contributed by atoms with Crippen molar-refractivity contribution in [3.05, 3.63) is 94.5 Å². The quantitative estimate of drug-likeness (QED) is 0.151. The van der Waals surface area contributed by atoms with Crippen molar-refractivity contribution in [2.24, 2.45) is 11.8 Å². The zero-order valence-corrected chi connectivity index (χ0v) is 26.2. The van der Waals surface area contributed by atoms with Gasteiger partial charge in [0.1, 0.15) is 16.5 Å². The first kappa shape index (κ1) is 28.4. The van der Waals surface area contributed by atoms with Gasteiger partial charge in [-0.15, -0.1) is 11.3 Å². The molecule has 3 heterocycles. The molecule has 232 valence electrons. The average Bonchev–Trinajstić information content (AvgIpc) is 3.82. The molecule has 1 unspecified atom stereocenters. The number of aromatic nitrogens is 1. The molecular formula is C36H30N2O7S. The highest BCUT2D eigenvalue weighted by Gasteiger charge is 2.52. The Morgan fingerprint density at radius 2 is 1.67 bits per heavy atom. The van der Waals surface area contributed by atoms with Crippen molar-refractivity contribution in [1.29, 1.82) is 0 Å². The van der Waals surface area contributed by atoms with E-state index in [9.17, 15) is 9.59 Å². The van der Waals surface area contributed by atoms with E-state index in [-0.39, 0.29) is 31.3 Å². The summed E-state index contributed by atoms with van der Waals surface area (Å²) in [6.45, 7) is 2.46. The molecule has 1 aliphatic carbocycles. The zero-order valence-electron chi connectivity index (χ0n) is 25.4. The lowest BCUT2D eigenvalue weighted by atomic mass is 9.65. The van der Waals surface area contributed by atoms with Gasteiger partial charge in [-0.3, -0.25) is 9.59 Å². The van der Waals surface area contributed by atoms with E-state index in [1.165, 1.54) is 14.2 Å². The summed E-state index contributed by atoms with van der Waals surface area (Å²) in [7, 11) is 3.02. The lowest BCUT2D eigenvalue weighted by molar-refractivity contribution is -0.141. The highest BCUT2D eigenvalue weighted by Crippen LogP contribution is 2.56. The second kappa shape index (κ2) is 11.1. The number of cyclic esters (lactones) is 1. The molecule has 9 nitrogen and oxygen atoms in total. The summed E-state index contributed by atoms with van der Waals surface area (Å²) < 4.78 is 29.7. The highest BCUT2D eigenvalue weighted by molar-refractivity contribution is 7.21. The largest absolute Gasteiger partial charge is 0.496 e. The molecule has 0 spiro atoms. The summed E-state index contributed by atoms with van der Waals surface area (Å²) in [6, 6.07) is 21.8. The topological polar surface area (TPSA) is 105 Å². The number of nitrogens with zero attached hydrogens (tertiary/aromatic N) is 1. The number of esters is 1. The van der Waals surface area contributed by atoms with Crippen molar-refractivity contribution in [3.8, 4) is 33.6 Å². The van der Waals surface area contributed by atoms with Crippen molar-refractivity contribution in [3.63, 3.8) is 0 Å². The number of nitrogens with one attached hydrogen (secondary N) is 1. The zero-order chi connectivity index (χ0) is 31.5. The van der Waals surface area contributed by atoms with E-state index in [0.29, 0.717) is 34.8 Å². The smallest absolute Gasteiger partial charge is 0.310 e. The Hall–Kier alpha value is -5.09. The fraction of sp³-hybridized carbons (Fsp3) is 0.250. The van der Waals surface area contributed by atoms with Crippen LogP contribution in [0.25, 0.3) is 20.8 Å². The van der Waals surface area contributed by atoms with Gasteiger partial charge in [-0.05, 0) is 83.8 Å². The molecule has 10 heteroatoms. The molecule has 1 saturated heterocycles. The number of ether oxygens (including phenoxy) is 5. The van der Waals surface area contributed by atoms with Crippen LogP contribution in [0.1, 0.15) is 44.6 Å². The molecule has 0 amide bonds. The predicted octanol–water partition coefficient (Wildman–Crippen LogP) is 6.92. The Morgan fingerprint density at radius 3 is 2.37 bits per heavy atom. The average molecular weight is 635 g/mol. The molecule has 0 bridgehead atoms. The van der Waals surface area contributed by atoms with Gasteiger partial charge in [0.05, 0.1) is 48.6 Å². The molecule has 1 fully saturated rings. The number of aryl methyl sites for hydroxylation is 1. The molecule has 8 rings (SSSR count). The molecule has 1 N–H and O–H groups in total. The van der Waals surface area contributed by atoms with E-state index in [2.05, 4.69) is 36.5 Å². The minimum Gasteiger partial charge on any atom is -0.496 e. The fourth-order valence-electron chi connectivity index (χ4n) is 7.12. The van der Waals surface area contributed by atoms with Crippen molar-refractivity contribution in [2.45, 2.75) is 18.9 Å². The second-order valence-electron chi connectivity index (χ2n) is 11.7. The SMILES string of the molecule is COc1cc([C@@H]2c3cc4c(cc3[C@@H](Nc3ccc(-c5nc6ccccc6s5)cc3C)C3COC(=O)[C@@H]32)OCO4)cc(OC)c1C=O. The Balaban J connectivity index is 1.23. The van der Waals surface area contributed by atoms with Crippen LogP contribution in [0.3, 0.4) is 0 Å². The normalized spacial score (nSPS) is 21.0. The number of rotatable bonds is 7. The molecule has 46 heavy (non-hydrogen) atoms. The van der Waals surface area contributed by atoms with Crippen molar-refractivity contribution in [1.82, 2.24) is 4.98 Å². The number of aldehydes is 1. The third-order valence-electron chi connectivity index (χ3n) is 9.31. The first-order valence-electron chi connectivity index (χ1n) is 15.0. The third-order valence-corrected chi connectivity index (χ3v) is 10.4. The van der Waals surface area contributed by atoms with Gasteiger partial charge in [-0.25, -0.2) is 4.98 Å². The number of carbonyl (C=O) groups excluding carboxylic acids is 2. The van der Waals surface area contributed by atoms with Crippen molar-refractivity contribution < 1.29 is 33.3 Å². The molecule has 4 atom stereocenters. The van der Waals surface area contributed by atoms with Crippen LogP contribution < -0.4 is 24.3 Å². The number of methoxy groups -OCH3 is 2. The summed E-state index contributed by atoms with van der Waals surface area (Å²) in [5, 5.41) is 4.76. The Bertz CT molecular complexity index is 1980. The number of fused-ring (bicyclic) bond motifs is 4. The first-order valence-corrected chi connectivity index (χ1v) is 15.8. The summed E-state index contributed by atoms with van der Waals surface area (Å²) in [5.41, 5.74) is 7.04. The van der Waals surface area contributed by atoms with E-state index >= 15 is 0 Å². The van der Waals surface area contributed by atoms with E-state index in [1.54, 1.807) is 11.3 Å². The number of thiazole rings is 1. The maximum Gasteiger partial charge on any atom is 0.310 e. The van der Waals surface area contributed by atoms with Gasteiger partial charge in [0.25, 0.3) is 0 Å². The number of hydrogen-bond acceptors (Lipinski definition) is 10. The summed E-state index contributed by atoms with van der Waals surface area (Å²) >= 11 is 1.67. The lowest BCUT2D eigenvalue weighted by Crippen LogP contribution is -2.37. The van der Waals surface area contributed by atoms with Crippen LogP contribution in [-0.4, -0.2) is 44.9 Å². The van der Waals surface area contributed by atoms with Gasteiger partial charge in [0.2, 0.25) is 6.79 Å². The highest BCUT2D eigenvalue weighted by atomic mass is 32.1. The molecule has 0 saturated carbocycles. The third kappa shape index (κ3) is 4.47. The van der Waals surface area contributed by atoms with E-state index in [4.69, 9.17) is 28.7 Å². The maximum absolute atomic E-state index is 13.6. The van der Waals surface area contributed by atoms with Gasteiger partial charge in [-0.1, -0.05) is 12.1 Å². The first-order chi connectivity index (χ1) is 22.5. The van der Waals surface area contributed by atoms with Crippen LogP contribution in [0.5, 0.6) is 23.0 Å². The number of benzene rings is 4. The number of carbonyl (C=O) groups is 2. The van der Waals surface area contributed by atoms with Crippen molar-refractivity contribution in [2.75, 3.05) is 32.9 Å². The molecule has 0 radical (unpaired) electrons. The van der Waals surface area contributed by atoms with E-state index in [0.717, 1.165) is 48.7 Å². The molecule has 1 aromatic heterocycles. The van der Waals surface area contributed by atoms with Gasteiger partial charge >= 0.3 is 5.97 Å². The van der Waals surface area contributed by atoms with Crippen LogP contribution in [-0.2, 0) is 9.53 Å². The van der Waals surface area contributed by atoms with E-state index in [1.807, 2.05) is 42.5 Å². The maximum atomic E-state index is 13.6. The Kier molecular flexibility index (Phi) is 6.83. The lowest BCUT2D eigenvalue weighted by Gasteiger charge is -2.40. The second-order valence-corrected chi connectivity index (χ2v) is 12.8. The van der Waals surface area contributed by atoms with Crippen LogP contribution in [0.4, 0.5) is 5.69 Å². The number of hydrogen-bond donors (Lipinski definition) is 1. The molecule has 5 aromatic rings. The number of para-hydroxylation sites is 1. The van der Waals surface area contributed by atoms with Crippen LogP contribution in [0.2, 0.25) is 0 Å². The minimum atomic E-state index is -0.510. The Labute approximate surface area is 269 Å². The molecule has 3 aliphatic rings.